The molecule has 1 heterocycles. The SMILES string of the molecule is CN(Cc1ccc(OC(F)F)cc1)C(=O)CCc1cccs1. The minimum Gasteiger partial charge on any atom is -0.435 e. The Labute approximate surface area is 132 Å². The number of amides is 1. The molecule has 0 spiro atoms. The summed E-state index contributed by atoms with van der Waals surface area (Å²) in [6, 6.07) is 10.3. The molecule has 1 amide bonds. The van der Waals surface area contributed by atoms with Crippen molar-refractivity contribution in [3.63, 3.8) is 0 Å². The molecule has 0 unspecified atom stereocenters. The molecule has 0 fully saturated rings. The second kappa shape index (κ2) is 7.89. The van der Waals surface area contributed by atoms with Gasteiger partial charge in [0, 0.05) is 24.9 Å². The van der Waals surface area contributed by atoms with Gasteiger partial charge in [-0.2, -0.15) is 8.78 Å². The van der Waals surface area contributed by atoms with E-state index < -0.39 is 6.61 Å². The van der Waals surface area contributed by atoms with E-state index in [1.165, 1.54) is 17.0 Å². The van der Waals surface area contributed by atoms with Gasteiger partial charge < -0.3 is 9.64 Å². The zero-order valence-corrected chi connectivity index (χ0v) is 13.0. The van der Waals surface area contributed by atoms with E-state index in [1.54, 1.807) is 35.4 Å². The molecule has 0 radical (unpaired) electrons. The molecule has 6 heteroatoms. The molecule has 0 aliphatic carbocycles. The Bertz CT molecular complexity index is 585. The van der Waals surface area contributed by atoms with Gasteiger partial charge in [0.25, 0.3) is 0 Å². The fraction of sp³-hybridized carbons (Fsp3) is 0.312. The number of alkyl halides is 2. The molecule has 118 valence electrons. The van der Waals surface area contributed by atoms with Gasteiger partial charge in [-0.05, 0) is 35.6 Å². The van der Waals surface area contributed by atoms with E-state index in [2.05, 4.69) is 4.74 Å². The van der Waals surface area contributed by atoms with Gasteiger partial charge in [0.1, 0.15) is 5.75 Å². The van der Waals surface area contributed by atoms with Crippen LogP contribution in [-0.2, 0) is 17.8 Å². The van der Waals surface area contributed by atoms with Crippen molar-refractivity contribution < 1.29 is 18.3 Å². The van der Waals surface area contributed by atoms with E-state index in [-0.39, 0.29) is 11.7 Å². The quantitative estimate of drug-likeness (QED) is 0.772. The van der Waals surface area contributed by atoms with Crippen molar-refractivity contribution in [1.82, 2.24) is 4.90 Å². The summed E-state index contributed by atoms with van der Waals surface area (Å²) in [5.74, 6) is 0.173. The van der Waals surface area contributed by atoms with Crippen LogP contribution in [0.1, 0.15) is 16.9 Å². The Morgan fingerprint density at radius 2 is 2.00 bits per heavy atom. The summed E-state index contributed by atoms with van der Waals surface area (Å²) in [6.45, 7) is -2.38. The van der Waals surface area contributed by atoms with E-state index >= 15 is 0 Å². The molecule has 2 rings (SSSR count). The zero-order valence-electron chi connectivity index (χ0n) is 12.2. The average molecular weight is 325 g/mol. The second-order valence-corrected chi connectivity index (χ2v) is 5.88. The molecule has 3 nitrogen and oxygen atoms in total. The lowest BCUT2D eigenvalue weighted by molar-refractivity contribution is -0.130. The van der Waals surface area contributed by atoms with Gasteiger partial charge in [0.05, 0.1) is 0 Å². The lowest BCUT2D eigenvalue weighted by Gasteiger charge is -2.17. The third kappa shape index (κ3) is 5.11. The molecule has 0 saturated heterocycles. The maximum Gasteiger partial charge on any atom is 0.387 e. The number of hydrogen-bond acceptors (Lipinski definition) is 3. The topological polar surface area (TPSA) is 29.5 Å². The van der Waals surface area contributed by atoms with Gasteiger partial charge in [0.2, 0.25) is 5.91 Å². The number of benzene rings is 1. The Morgan fingerprint density at radius 1 is 1.27 bits per heavy atom. The maximum absolute atomic E-state index is 12.1. The van der Waals surface area contributed by atoms with Crippen molar-refractivity contribution in [1.29, 1.82) is 0 Å². The van der Waals surface area contributed by atoms with Crippen molar-refractivity contribution in [2.24, 2.45) is 0 Å². The first kappa shape index (κ1) is 16.4. The van der Waals surface area contributed by atoms with E-state index in [0.29, 0.717) is 13.0 Å². The number of thiophene rings is 1. The van der Waals surface area contributed by atoms with Crippen LogP contribution in [0.3, 0.4) is 0 Å². The summed E-state index contributed by atoms with van der Waals surface area (Å²) in [6.07, 6.45) is 1.20. The van der Waals surface area contributed by atoms with E-state index in [9.17, 15) is 13.6 Å². The molecular formula is C16H17F2NO2S. The van der Waals surface area contributed by atoms with Gasteiger partial charge >= 0.3 is 6.61 Å². The zero-order chi connectivity index (χ0) is 15.9. The van der Waals surface area contributed by atoms with E-state index in [4.69, 9.17) is 0 Å². The summed E-state index contributed by atoms with van der Waals surface area (Å²) in [7, 11) is 1.74. The van der Waals surface area contributed by atoms with Crippen LogP contribution in [0.25, 0.3) is 0 Å². The van der Waals surface area contributed by atoms with E-state index in [1.807, 2.05) is 17.5 Å². The Balaban J connectivity index is 1.82. The van der Waals surface area contributed by atoms with Crippen molar-refractivity contribution in [3.8, 4) is 5.75 Å². The summed E-state index contributed by atoms with van der Waals surface area (Å²) >= 11 is 1.64. The monoisotopic (exact) mass is 325 g/mol. The second-order valence-electron chi connectivity index (χ2n) is 4.85. The lowest BCUT2D eigenvalue weighted by Crippen LogP contribution is -2.26. The van der Waals surface area contributed by atoms with Gasteiger partial charge in [-0.25, -0.2) is 0 Å². The summed E-state index contributed by atoms with van der Waals surface area (Å²) in [4.78, 5) is 14.9. The lowest BCUT2D eigenvalue weighted by atomic mass is 10.2. The Morgan fingerprint density at radius 3 is 2.59 bits per heavy atom. The molecule has 1 aromatic heterocycles. The molecule has 0 aliphatic heterocycles. The molecule has 0 atom stereocenters. The number of nitrogens with zero attached hydrogens (tertiary/aromatic N) is 1. The molecule has 1 aromatic carbocycles. The highest BCUT2D eigenvalue weighted by atomic mass is 32.1. The third-order valence-corrected chi connectivity index (χ3v) is 4.10. The highest BCUT2D eigenvalue weighted by Gasteiger charge is 2.10. The first-order valence-electron chi connectivity index (χ1n) is 6.84. The van der Waals surface area contributed by atoms with Gasteiger partial charge in [-0.15, -0.1) is 11.3 Å². The standard InChI is InChI=1S/C16H17F2NO2S/c1-19(15(20)9-8-14-3-2-10-22-14)11-12-4-6-13(7-5-12)21-16(17)18/h2-7,10,16H,8-9,11H2,1H3. The highest BCUT2D eigenvalue weighted by molar-refractivity contribution is 7.09. The number of halogens is 2. The van der Waals surface area contributed by atoms with Gasteiger partial charge in [0.15, 0.2) is 0 Å². The van der Waals surface area contributed by atoms with Crippen LogP contribution in [0, 0.1) is 0 Å². The maximum atomic E-state index is 12.1. The Hall–Kier alpha value is -1.95. The molecule has 0 bridgehead atoms. The van der Waals surface area contributed by atoms with E-state index in [0.717, 1.165) is 12.0 Å². The number of ether oxygens (including phenoxy) is 1. The predicted molar refractivity (Wildman–Crippen MR) is 82.2 cm³/mol. The third-order valence-electron chi connectivity index (χ3n) is 3.16. The predicted octanol–water partition coefficient (Wildman–Crippen LogP) is 3.94. The smallest absolute Gasteiger partial charge is 0.387 e. The van der Waals surface area contributed by atoms with Crippen molar-refractivity contribution in [2.45, 2.75) is 26.0 Å². The minimum absolute atomic E-state index is 0.0568. The number of hydrogen-bond donors (Lipinski definition) is 0. The van der Waals surface area contributed by atoms with Crippen LogP contribution in [0.4, 0.5) is 8.78 Å². The van der Waals surface area contributed by atoms with Crippen molar-refractivity contribution in [2.75, 3.05) is 7.05 Å². The fourth-order valence-electron chi connectivity index (χ4n) is 2.01. The molecule has 22 heavy (non-hydrogen) atoms. The minimum atomic E-state index is -2.83. The van der Waals surface area contributed by atoms with Crippen LogP contribution in [0.2, 0.25) is 0 Å². The Kier molecular flexibility index (Phi) is 5.89. The number of aryl methyl sites for hydroxylation is 1. The normalized spacial score (nSPS) is 10.7. The molecule has 0 saturated carbocycles. The highest BCUT2D eigenvalue weighted by Crippen LogP contribution is 2.16. The van der Waals surface area contributed by atoms with Crippen molar-refractivity contribution in [3.05, 3.63) is 52.2 Å². The average Bonchev–Trinajstić information content (AvgIpc) is 2.99. The molecule has 0 N–H and O–H groups in total. The number of carbonyl (C=O) groups is 1. The fourth-order valence-corrected chi connectivity index (χ4v) is 2.72. The molecular weight excluding hydrogens is 308 g/mol. The van der Waals surface area contributed by atoms with Crippen molar-refractivity contribution >= 4 is 17.2 Å². The first-order valence-corrected chi connectivity index (χ1v) is 7.72. The van der Waals surface area contributed by atoms with Gasteiger partial charge in [-0.1, -0.05) is 18.2 Å². The van der Waals surface area contributed by atoms with Crippen LogP contribution in [0.5, 0.6) is 5.75 Å². The number of carbonyl (C=O) groups excluding carboxylic acids is 1. The largest absolute Gasteiger partial charge is 0.435 e. The van der Waals surface area contributed by atoms with Gasteiger partial charge in [-0.3, -0.25) is 4.79 Å². The van der Waals surface area contributed by atoms with Crippen LogP contribution >= 0.6 is 11.3 Å². The van der Waals surface area contributed by atoms with Crippen LogP contribution in [0.15, 0.2) is 41.8 Å². The van der Waals surface area contributed by atoms with Crippen LogP contribution < -0.4 is 4.74 Å². The first-order chi connectivity index (χ1) is 10.5. The van der Waals surface area contributed by atoms with Crippen LogP contribution in [-0.4, -0.2) is 24.5 Å². The molecule has 2 aromatic rings. The summed E-state index contributed by atoms with van der Waals surface area (Å²) in [5, 5.41) is 1.99. The summed E-state index contributed by atoms with van der Waals surface area (Å²) < 4.78 is 28.4. The summed E-state index contributed by atoms with van der Waals surface area (Å²) in [5.41, 5.74) is 0.869. The number of rotatable bonds is 7. The molecule has 0 aliphatic rings.